The summed E-state index contributed by atoms with van der Waals surface area (Å²) >= 11 is 0. The van der Waals surface area contributed by atoms with Crippen LogP contribution in [0.2, 0.25) is 0 Å². The molecule has 28 heavy (non-hydrogen) atoms. The van der Waals surface area contributed by atoms with Crippen LogP contribution in [0.25, 0.3) is 11.1 Å². The number of amides is 1. The van der Waals surface area contributed by atoms with Gasteiger partial charge in [-0.3, -0.25) is 9.59 Å². The van der Waals surface area contributed by atoms with E-state index < -0.39 is 6.10 Å². The average molecular weight is 373 g/mol. The Kier molecular flexibility index (Phi) is 6.58. The summed E-state index contributed by atoms with van der Waals surface area (Å²) in [5.41, 5.74) is 3.67. The second-order valence-electron chi connectivity index (χ2n) is 6.52. The number of rotatable bonds is 7. The zero-order valence-electron chi connectivity index (χ0n) is 15.8. The van der Waals surface area contributed by atoms with Crippen molar-refractivity contribution in [3.63, 3.8) is 0 Å². The van der Waals surface area contributed by atoms with E-state index >= 15 is 0 Å². The van der Waals surface area contributed by atoms with Crippen molar-refractivity contribution in [1.82, 2.24) is 0 Å². The number of aryl methyl sites for hydroxylation is 1. The van der Waals surface area contributed by atoms with Gasteiger partial charge < -0.3 is 10.1 Å². The molecule has 0 aliphatic heterocycles. The van der Waals surface area contributed by atoms with Crippen LogP contribution in [0.4, 0.5) is 5.69 Å². The minimum Gasteiger partial charge on any atom is -0.453 e. The Balaban J connectivity index is 1.58. The van der Waals surface area contributed by atoms with Crippen LogP contribution in [0.15, 0.2) is 84.9 Å². The van der Waals surface area contributed by atoms with Crippen molar-refractivity contribution in [2.45, 2.75) is 25.9 Å². The van der Waals surface area contributed by atoms with Gasteiger partial charge in [0.25, 0.3) is 5.91 Å². The van der Waals surface area contributed by atoms with Gasteiger partial charge in [-0.15, -0.1) is 0 Å². The SMILES string of the molecule is CC(OC(=O)CCc1ccccc1)C(=O)Nc1ccccc1-c1ccccc1. The molecule has 4 nitrogen and oxygen atoms in total. The maximum absolute atomic E-state index is 12.5. The quantitative estimate of drug-likeness (QED) is 0.602. The Hall–Kier alpha value is -3.40. The highest BCUT2D eigenvalue weighted by atomic mass is 16.5. The van der Waals surface area contributed by atoms with Crippen molar-refractivity contribution in [3.8, 4) is 11.1 Å². The van der Waals surface area contributed by atoms with Crippen molar-refractivity contribution in [2.75, 3.05) is 5.32 Å². The third-order valence-electron chi connectivity index (χ3n) is 4.41. The predicted molar refractivity (Wildman–Crippen MR) is 111 cm³/mol. The van der Waals surface area contributed by atoms with Gasteiger partial charge in [0.2, 0.25) is 0 Å². The number of benzene rings is 3. The van der Waals surface area contributed by atoms with Crippen LogP contribution in [0, 0.1) is 0 Å². The number of hydrogen-bond donors (Lipinski definition) is 1. The van der Waals surface area contributed by atoms with Gasteiger partial charge in [-0.05, 0) is 30.5 Å². The standard InChI is InChI=1S/C24H23NO3/c1-18(28-23(26)17-16-19-10-4-2-5-11-19)24(27)25-22-15-9-8-14-21(22)20-12-6-3-7-13-20/h2-15,18H,16-17H2,1H3,(H,25,27). The molecule has 0 aromatic heterocycles. The molecule has 0 bridgehead atoms. The van der Waals surface area contributed by atoms with Gasteiger partial charge in [-0.1, -0.05) is 78.9 Å². The number of hydrogen-bond acceptors (Lipinski definition) is 3. The minimum absolute atomic E-state index is 0.238. The summed E-state index contributed by atoms with van der Waals surface area (Å²) in [4.78, 5) is 24.6. The fourth-order valence-corrected chi connectivity index (χ4v) is 2.90. The highest BCUT2D eigenvalue weighted by Crippen LogP contribution is 2.27. The number of nitrogens with one attached hydrogen (secondary N) is 1. The van der Waals surface area contributed by atoms with Gasteiger partial charge in [0.15, 0.2) is 6.10 Å². The maximum Gasteiger partial charge on any atom is 0.306 e. The summed E-state index contributed by atoms with van der Waals surface area (Å²) in [6.45, 7) is 1.58. The van der Waals surface area contributed by atoms with Crippen LogP contribution in [0.1, 0.15) is 18.9 Å². The normalized spacial score (nSPS) is 11.5. The monoisotopic (exact) mass is 373 g/mol. The molecule has 0 aliphatic carbocycles. The van der Waals surface area contributed by atoms with Crippen LogP contribution >= 0.6 is 0 Å². The fraction of sp³-hybridized carbons (Fsp3) is 0.167. The molecule has 0 saturated carbocycles. The average Bonchev–Trinajstić information content (AvgIpc) is 2.74. The molecule has 0 heterocycles. The summed E-state index contributed by atoms with van der Waals surface area (Å²) in [6, 6.07) is 27.1. The maximum atomic E-state index is 12.5. The zero-order chi connectivity index (χ0) is 19.8. The van der Waals surface area contributed by atoms with Gasteiger partial charge in [-0.25, -0.2) is 0 Å². The molecule has 0 spiro atoms. The molecule has 0 aliphatic rings. The highest BCUT2D eigenvalue weighted by Gasteiger charge is 2.19. The number of anilines is 1. The van der Waals surface area contributed by atoms with E-state index in [4.69, 9.17) is 4.74 Å². The van der Waals surface area contributed by atoms with Gasteiger partial charge in [0.1, 0.15) is 0 Å². The first-order valence-corrected chi connectivity index (χ1v) is 9.32. The molecule has 142 valence electrons. The van der Waals surface area contributed by atoms with Crippen molar-refractivity contribution >= 4 is 17.6 Å². The lowest BCUT2D eigenvalue weighted by Crippen LogP contribution is -2.30. The zero-order valence-corrected chi connectivity index (χ0v) is 15.8. The molecule has 0 radical (unpaired) electrons. The van der Waals surface area contributed by atoms with E-state index in [1.807, 2.05) is 84.9 Å². The topological polar surface area (TPSA) is 55.4 Å². The second-order valence-corrected chi connectivity index (χ2v) is 6.52. The van der Waals surface area contributed by atoms with Crippen LogP contribution in [-0.4, -0.2) is 18.0 Å². The van der Waals surface area contributed by atoms with E-state index in [-0.39, 0.29) is 18.3 Å². The third kappa shape index (κ3) is 5.30. The Morgan fingerprint density at radius 3 is 2.18 bits per heavy atom. The Morgan fingerprint density at radius 2 is 1.46 bits per heavy atom. The summed E-state index contributed by atoms with van der Waals surface area (Å²) in [5, 5.41) is 2.87. The number of para-hydroxylation sites is 1. The molecule has 4 heteroatoms. The molecular weight excluding hydrogens is 350 g/mol. The van der Waals surface area contributed by atoms with E-state index in [0.29, 0.717) is 12.1 Å². The lowest BCUT2D eigenvalue weighted by atomic mass is 10.0. The van der Waals surface area contributed by atoms with E-state index in [2.05, 4.69) is 5.32 Å². The Morgan fingerprint density at radius 1 is 0.857 bits per heavy atom. The Bertz CT molecular complexity index is 923. The molecule has 3 aromatic rings. The molecule has 1 atom stereocenters. The first-order valence-electron chi connectivity index (χ1n) is 9.32. The predicted octanol–water partition coefficient (Wildman–Crippen LogP) is 4.86. The third-order valence-corrected chi connectivity index (χ3v) is 4.41. The van der Waals surface area contributed by atoms with Crippen molar-refractivity contribution in [3.05, 3.63) is 90.5 Å². The Labute approximate surface area is 165 Å². The van der Waals surface area contributed by atoms with Gasteiger partial charge in [-0.2, -0.15) is 0 Å². The number of carbonyl (C=O) groups is 2. The summed E-state index contributed by atoms with van der Waals surface area (Å²) in [6.07, 6.45) is -0.0419. The molecule has 1 unspecified atom stereocenters. The fourth-order valence-electron chi connectivity index (χ4n) is 2.90. The molecule has 0 fully saturated rings. The molecule has 1 amide bonds. The van der Waals surface area contributed by atoms with E-state index in [1.54, 1.807) is 6.92 Å². The van der Waals surface area contributed by atoms with Crippen molar-refractivity contribution in [2.24, 2.45) is 0 Å². The van der Waals surface area contributed by atoms with Gasteiger partial charge in [0, 0.05) is 17.7 Å². The lowest BCUT2D eigenvalue weighted by Gasteiger charge is -2.16. The van der Waals surface area contributed by atoms with Crippen LogP contribution in [0.3, 0.4) is 0 Å². The summed E-state index contributed by atoms with van der Waals surface area (Å²) in [5.74, 6) is -0.737. The molecule has 0 saturated heterocycles. The van der Waals surface area contributed by atoms with Gasteiger partial charge in [0.05, 0.1) is 0 Å². The minimum atomic E-state index is -0.868. The highest BCUT2D eigenvalue weighted by molar-refractivity contribution is 5.98. The second kappa shape index (κ2) is 9.51. The molecule has 3 aromatic carbocycles. The van der Waals surface area contributed by atoms with Gasteiger partial charge >= 0.3 is 5.97 Å². The summed E-state index contributed by atoms with van der Waals surface area (Å²) < 4.78 is 5.30. The lowest BCUT2D eigenvalue weighted by molar-refractivity contribution is -0.153. The van der Waals surface area contributed by atoms with Crippen LogP contribution < -0.4 is 5.32 Å². The first kappa shape index (κ1) is 19.4. The van der Waals surface area contributed by atoms with Crippen molar-refractivity contribution in [1.29, 1.82) is 0 Å². The number of ether oxygens (including phenoxy) is 1. The van der Waals surface area contributed by atoms with Crippen LogP contribution in [0.5, 0.6) is 0 Å². The smallest absolute Gasteiger partial charge is 0.306 e. The van der Waals surface area contributed by atoms with E-state index in [0.717, 1.165) is 16.7 Å². The molecule has 3 rings (SSSR count). The molecule has 1 N–H and O–H groups in total. The van der Waals surface area contributed by atoms with Crippen molar-refractivity contribution < 1.29 is 14.3 Å². The number of esters is 1. The summed E-state index contributed by atoms with van der Waals surface area (Å²) in [7, 11) is 0. The van der Waals surface area contributed by atoms with E-state index in [1.165, 1.54) is 0 Å². The molecular formula is C24H23NO3. The number of carbonyl (C=O) groups excluding carboxylic acids is 2. The largest absolute Gasteiger partial charge is 0.453 e. The first-order chi connectivity index (χ1) is 13.6. The van der Waals surface area contributed by atoms with E-state index in [9.17, 15) is 9.59 Å². The van der Waals surface area contributed by atoms with Crippen LogP contribution in [-0.2, 0) is 20.7 Å².